The van der Waals surface area contributed by atoms with Gasteiger partial charge in [0, 0.05) is 20.0 Å². The second-order valence-electron chi connectivity index (χ2n) is 14.5. The van der Waals surface area contributed by atoms with Gasteiger partial charge in [0.05, 0.1) is 6.61 Å². The lowest BCUT2D eigenvalue weighted by atomic mass is 10.0. The zero-order valence-electron chi connectivity index (χ0n) is 33.1. The highest BCUT2D eigenvalue weighted by atomic mass is 31.2. The first-order valence-electron chi connectivity index (χ1n) is 21.2. The van der Waals surface area contributed by atoms with Crippen LogP contribution in [-0.4, -0.2) is 43.3 Å². The van der Waals surface area contributed by atoms with Crippen LogP contribution in [0, 0.1) is 0 Å². The fraction of sp³-hybridized carbons (Fsp3) is 0.951. The Balaban J connectivity index is 3.90. The van der Waals surface area contributed by atoms with Gasteiger partial charge in [-0.3, -0.25) is 18.6 Å². The number of esters is 2. The summed E-state index contributed by atoms with van der Waals surface area (Å²) in [5, 5.41) is 0. The predicted molar refractivity (Wildman–Crippen MR) is 207 cm³/mol. The van der Waals surface area contributed by atoms with Gasteiger partial charge in [-0.25, -0.2) is 4.57 Å². The summed E-state index contributed by atoms with van der Waals surface area (Å²) < 4.78 is 31.9. The van der Waals surface area contributed by atoms with E-state index in [2.05, 4.69) is 18.4 Å². The standard InChI is InChI=1S/C41H81O8P/c1-4-6-8-10-12-14-16-17-18-19-20-21-22-23-24-26-28-30-32-34-36-41(43)49-39(38-48-50(44,45)46-3)37-47-40(42)35-33-31-29-27-25-15-13-11-9-7-5-2/h39H,4-38H2,1-3H3,(H,44,45). The minimum absolute atomic E-state index is 0.217. The summed E-state index contributed by atoms with van der Waals surface area (Å²) in [6, 6.07) is 0. The summed E-state index contributed by atoms with van der Waals surface area (Å²) in [5.41, 5.74) is 0. The van der Waals surface area contributed by atoms with Crippen molar-refractivity contribution >= 4 is 19.8 Å². The second kappa shape index (κ2) is 37.8. The van der Waals surface area contributed by atoms with Gasteiger partial charge < -0.3 is 14.4 Å². The van der Waals surface area contributed by atoms with Gasteiger partial charge in [-0.2, -0.15) is 0 Å². The van der Waals surface area contributed by atoms with Crippen LogP contribution in [0.5, 0.6) is 0 Å². The van der Waals surface area contributed by atoms with Gasteiger partial charge in [0.1, 0.15) is 6.61 Å². The third kappa shape index (κ3) is 36.8. The van der Waals surface area contributed by atoms with E-state index in [1.54, 1.807) is 0 Å². The van der Waals surface area contributed by atoms with E-state index >= 15 is 0 Å². The van der Waals surface area contributed by atoms with Gasteiger partial charge in [-0.05, 0) is 12.8 Å². The molecule has 2 atom stereocenters. The maximum absolute atomic E-state index is 12.5. The fourth-order valence-corrected chi connectivity index (χ4v) is 6.77. The van der Waals surface area contributed by atoms with Crippen LogP contribution in [0.2, 0.25) is 0 Å². The first-order valence-corrected chi connectivity index (χ1v) is 22.7. The van der Waals surface area contributed by atoms with Crippen LogP contribution < -0.4 is 0 Å². The molecule has 0 aliphatic heterocycles. The summed E-state index contributed by atoms with van der Waals surface area (Å²) in [5.74, 6) is -0.789. The molecule has 0 aliphatic rings. The van der Waals surface area contributed by atoms with E-state index in [-0.39, 0.29) is 19.0 Å². The molecule has 0 fully saturated rings. The van der Waals surface area contributed by atoms with Crippen molar-refractivity contribution in [3.05, 3.63) is 0 Å². The lowest BCUT2D eigenvalue weighted by molar-refractivity contribution is -0.161. The Morgan fingerprint density at radius 2 is 0.780 bits per heavy atom. The van der Waals surface area contributed by atoms with E-state index in [9.17, 15) is 19.0 Å². The van der Waals surface area contributed by atoms with Crippen LogP contribution in [0.1, 0.15) is 226 Å². The molecule has 0 aliphatic carbocycles. The Bertz CT molecular complexity index is 793. The molecule has 0 saturated carbocycles. The van der Waals surface area contributed by atoms with Gasteiger partial charge in [0.2, 0.25) is 0 Å². The Labute approximate surface area is 308 Å². The van der Waals surface area contributed by atoms with Gasteiger partial charge in [-0.15, -0.1) is 0 Å². The molecule has 298 valence electrons. The molecule has 0 heterocycles. The summed E-state index contributed by atoms with van der Waals surface area (Å²) in [7, 11) is -3.18. The number of phosphoric acid groups is 1. The number of hydrogen-bond acceptors (Lipinski definition) is 7. The third-order valence-electron chi connectivity index (χ3n) is 9.60. The number of rotatable bonds is 40. The van der Waals surface area contributed by atoms with E-state index in [0.29, 0.717) is 6.42 Å². The number of carbonyl (C=O) groups excluding carboxylic acids is 2. The Morgan fingerprint density at radius 1 is 0.480 bits per heavy atom. The van der Waals surface area contributed by atoms with Crippen LogP contribution >= 0.6 is 7.82 Å². The van der Waals surface area contributed by atoms with Crippen LogP contribution in [-0.2, 0) is 32.7 Å². The number of hydrogen-bond donors (Lipinski definition) is 1. The molecule has 0 radical (unpaired) electrons. The van der Waals surface area contributed by atoms with Crippen molar-refractivity contribution in [2.45, 2.75) is 232 Å². The molecule has 1 N–H and O–H groups in total. The normalized spacial score (nSPS) is 13.3. The maximum Gasteiger partial charge on any atom is 0.472 e. The molecule has 0 aromatic carbocycles. The minimum atomic E-state index is -4.25. The predicted octanol–water partition coefficient (Wildman–Crippen LogP) is 13.1. The van der Waals surface area contributed by atoms with Gasteiger partial charge in [0.25, 0.3) is 0 Å². The average Bonchev–Trinajstić information content (AvgIpc) is 3.10. The zero-order chi connectivity index (χ0) is 36.8. The third-order valence-corrected chi connectivity index (χ3v) is 10.5. The molecule has 0 aromatic rings. The molecule has 8 nitrogen and oxygen atoms in total. The highest BCUT2D eigenvalue weighted by molar-refractivity contribution is 7.47. The topological polar surface area (TPSA) is 108 Å². The maximum atomic E-state index is 12.5. The zero-order valence-corrected chi connectivity index (χ0v) is 34.0. The Hall–Kier alpha value is -0.950. The fourth-order valence-electron chi connectivity index (χ4n) is 6.31. The monoisotopic (exact) mass is 733 g/mol. The van der Waals surface area contributed by atoms with E-state index in [1.807, 2.05) is 0 Å². The highest BCUT2D eigenvalue weighted by Gasteiger charge is 2.24. The van der Waals surface area contributed by atoms with E-state index in [1.165, 1.54) is 161 Å². The lowest BCUT2D eigenvalue weighted by Gasteiger charge is -2.19. The molecular weight excluding hydrogens is 651 g/mol. The van der Waals surface area contributed by atoms with E-state index in [4.69, 9.17) is 14.0 Å². The molecule has 9 heteroatoms. The van der Waals surface area contributed by atoms with Crippen LogP contribution in [0.4, 0.5) is 0 Å². The lowest BCUT2D eigenvalue weighted by Crippen LogP contribution is -2.29. The molecule has 0 spiro atoms. The SMILES string of the molecule is CCCCCCCCCCCCCCCCCCCCCCC(=O)OC(COC(=O)CCCCCCCCCCCCC)COP(=O)(O)OC. The van der Waals surface area contributed by atoms with Crippen molar-refractivity contribution < 1.29 is 37.6 Å². The molecule has 2 unspecified atom stereocenters. The van der Waals surface area contributed by atoms with Gasteiger partial charge in [-0.1, -0.05) is 200 Å². The summed E-state index contributed by atoms with van der Waals surface area (Å²) >= 11 is 0. The molecule has 0 amide bonds. The highest BCUT2D eigenvalue weighted by Crippen LogP contribution is 2.42. The second-order valence-corrected chi connectivity index (χ2v) is 16.1. The van der Waals surface area contributed by atoms with Crippen LogP contribution in [0.15, 0.2) is 0 Å². The summed E-state index contributed by atoms with van der Waals surface area (Å²) in [4.78, 5) is 34.4. The Kier molecular flexibility index (Phi) is 37.1. The van der Waals surface area contributed by atoms with Crippen molar-refractivity contribution in [1.29, 1.82) is 0 Å². The van der Waals surface area contributed by atoms with E-state index < -0.39 is 26.5 Å². The van der Waals surface area contributed by atoms with Gasteiger partial charge in [0.15, 0.2) is 6.10 Å². The number of phosphoric ester groups is 1. The van der Waals surface area contributed by atoms with Crippen molar-refractivity contribution in [3.63, 3.8) is 0 Å². The van der Waals surface area contributed by atoms with E-state index in [0.717, 1.165) is 45.6 Å². The number of carbonyl (C=O) groups is 2. The molecule has 0 rings (SSSR count). The number of ether oxygens (including phenoxy) is 2. The van der Waals surface area contributed by atoms with Crippen molar-refractivity contribution in [3.8, 4) is 0 Å². The van der Waals surface area contributed by atoms with Crippen LogP contribution in [0.25, 0.3) is 0 Å². The molecular formula is C41H81O8P. The quantitative estimate of drug-likeness (QED) is 0.0377. The average molecular weight is 733 g/mol. The smallest absolute Gasteiger partial charge is 0.462 e. The van der Waals surface area contributed by atoms with Crippen molar-refractivity contribution in [1.82, 2.24) is 0 Å². The molecule has 50 heavy (non-hydrogen) atoms. The summed E-state index contributed by atoms with van der Waals surface area (Å²) in [6.07, 6.45) is 38.7. The number of unbranched alkanes of at least 4 members (excludes halogenated alkanes) is 29. The first-order chi connectivity index (χ1) is 24.3. The first kappa shape index (κ1) is 49.0. The van der Waals surface area contributed by atoms with Gasteiger partial charge >= 0.3 is 19.8 Å². The molecule has 0 saturated heterocycles. The largest absolute Gasteiger partial charge is 0.472 e. The van der Waals surface area contributed by atoms with Crippen molar-refractivity contribution in [2.75, 3.05) is 20.3 Å². The van der Waals surface area contributed by atoms with Crippen LogP contribution in [0.3, 0.4) is 0 Å². The van der Waals surface area contributed by atoms with Crippen molar-refractivity contribution in [2.24, 2.45) is 0 Å². The summed E-state index contributed by atoms with van der Waals surface area (Å²) in [6.45, 7) is 3.91. The minimum Gasteiger partial charge on any atom is -0.462 e. The Morgan fingerprint density at radius 3 is 1.10 bits per heavy atom. The molecule has 0 bridgehead atoms. The molecule has 0 aromatic heterocycles.